The molecule has 0 aliphatic carbocycles. The van der Waals surface area contributed by atoms with Crippen molar-refractivity contribution in [1.29, 1.82) is 0 Å². The van der Waals surface area contributed by atoms with E-state index in [2.05, 4.69) is 0 Å². The molecule has 0 saturated carbocycles. The molecule has 0 spiro atoms. The van der Waals surface area contributed by atoms with E-state index in [0.717, 1.165) is 25.3 Å². The highest BCUT2D eigenvalue weighted by atomic mass is 32.2. The summed E-state index contributed by atoms with van der Waals surface area (Å²) in [5.41, 5.74) is -0.418. The lowest BCUT2D eigenvalue weighted by molar-refractivity contribution is -0.385. The van der Waals surface area contributed by atoms with E-state index in [1.165, 1.54) is 23.5 Å². The summed E-state index contributed by atoms with van der Waals surface area (Å²) in [5, 5.41) is 11.5. The van der Waals surface area contributed by atoms with Gasteiger partial charge in [-0.2, -0.15) is 4.31 Å². The predicted octanol–water partition coefficient (Wildman–Crippen LogP) is 3.57. The summed E-state index contributed by atoms with van der Waals surface area (Å²) < 4.78 is 37.7. The van der Waals surface area contributed by atoms with Crippen LogP contribution in [0.1, 0.15) is 19.3 Å². The number of hydrogen-bond donors (Lipinski definition) is 0. The number of piperidine rings is 1. The second-order valence-electron chi connectivity index (χ2n) is 6.10. The molecule has 2 aromatic rings. The first-order valence-electron chi connectivity index (χ1n) is 8.53. The number of rotatable bonds is 6. The number of para-hydroxylation sites is 2. The molecular weight excluding hydrogens is 372 g/mol. The molecule has 0 unspecified atom stereocenters. The van der Waals surface area contributed by atoms with E-state index in [1.54, 1.807) is 24.3 Å². The van der Waals surface area contributed by atoms with Crippen molar-refractivity contribution in [2.45, 2.75) is 24.2 Å². The molecule has 1 heterocycles. The Kier molecular flexibility index (Phi) is 5.62. The second-order valence-corrected chi connectivity index (χ2v) is 8.04. The smallest absolute Gasteiger partial charge is 0.312 e. The third-order valence-corrected chi connectivity index (χ3v) is 6.26. The van der Waals surface area contributed by atoms with Gasteiger partial charge in [0.05, 0.1) is 16.9 Å². The van der Waals surface area contributed by atoms with Crippen molar-refractivity contribution in [1.82, 2.24) is 4.31 Å². The van der Waals surface area contributed by atoms with Gasteiger partial charge in [0.15, 0.2) is 11.5 Å². The molecule has 0 amide bonds. The fourth-order valence-electron chi connectivity index (χ4n) is 2.96. The number of hydrogen-bond acceptors (Lipinski definition) is 6. The van der Waals surface area contributed by atoms with Gasteiger partial charge >= 0.3 is 5.69 Å². The van der Waals surface area contributed by atoms with E-state index in [0.29, 0.717) is 24.6 Å². The first kappa shape index (κ1) is 19.1. The average Bonchev–Trinajstić information content (AvgIpc) is 2.69. The molecule has 0 N–H and O–H groups in total. The maximum absolute atomic E-state index is 12.8. The number of nitro benzene ring substituents is 1. The number of nitrogens with zero attached hydrogens (tertiary/aromatic N) is 2. The van der Waals surface area contributed by atoms with Crippen molar-refractivity contribution in [2.75, 3.05) is 20.2 Å². The fourth-order valence-corrected chi connectivity index (χ4v) is 4.50. The normalized spacial score (nSPS) is 15.3. The monoisotopic (exact) mass is 392 g/mol. The van der Waals surface area contributed by atoms with Crippen molar-refractivity contribution >= 4 is 15.7 Å². The molecule has 0 bridgehead atoms. The van der Waals surface area contributed by atoms with E-state index < -0.39 is 20.6 Å². The first-order valence-corrected chi connectivity index (χ1v) is 9.97. The van der Waals surface area contributed by atoms with Crippen molar-refractivity contribution in [3.63, 3.8) is 0 Å². The van der Waals surface area contributed by atoms with E-state index in [9.17, 15) is 18.5 Å². The topological polar surface area (TPSA) is 99.0 Å². The van der Waals surface area contributed by atoms with Crippen molar-refractivity contribution in [2.24, 2.45) is 0 Å². The number of benzene rings is 2. The van der Waals surface area contributed by atoms with Gasteiger partial charge in [-0.1, -0.05) is 18.6 Å². The third kappa shape index (κ3) is 4.04. The van der Waals surface area contributed by atoms with Gasteiger partial charge in [-0.05, 0) is 37.1 Å². The molecule has 1 saturated heterocycles. The van der Waals surface area contributed by atoms with Crippen LogP contribution in [-0.4, -0.2) is 37.8 Å². The van der Waals surface area contributed by atoms with Crippen LogP contribution in [0.25, 0.3) is 0 Å². The Labute approximate surface area is 157 Å². The Hall–Kier alpha value is -2.65. The molecular formula is C18H20N2O6S. The Morgan fingerprint density at radius 1 is 1.00 bits per heavy atom. The quantitative estimate of drug-likeness (QED) is 0.550. The molecule has 144 valence electrons. The van der Waals surface area contributed by atoms with Crippen LogP contribution in [0.3, 0.4) is 0 Å². The van der Waals surface area contributed by atoms with Crippen molar-refractivity contribution in [3.05, 3.63) is 52.6 Å². The summed E-state index contributed by atoms with van der Waals surface area (Å²) in [5.74, 6) is 0.661. The standard InChI is InChI=1S/C18H20N2O6S/c1-25-17-7-3-4-8-18(17)26-16-10-9-14(13-15(16)20(21)22)27(23,24)19-11-5-2-6-12-19/h3-4,7-10,13H,2,5-6,11-12H2,1H3. The van der Waals surface area contributed by atoms with Crippen LogP contribution in [0, 0.1) is 10.1 Å². The molecule has 2 aromatic carbocycles. The molecule has 0 atom stereocenters. The zero-order chi connectivity index (χ0) is 19.4. The molecule has 8 nitrogen and oxygen atoms in total. The van der Waals surface area contributed by atoms with Gasteiger partial charge in [0, 0.05) is 19.2 Å². The highest BCUT2D eigenvalue weighted by molar-refractivity contribution is 7.89. The summed E-state index contributed by atoms with van der Waals surface area (Å²) in [6.07, 6.45) is 2.56. The molecule has 1 aliphatic heterocycles. The predicted molar refractivity (Wildman–Crippen MR) is 98.8 cm³/mol. The van der Waals surface area contributed by atoms with Crippen LogP contribution in [0.4, 0.5) is 5.69 Å². The van der Waals surface area contributed by atoms with Crippen LogP contribution < -0.4 is 9.47 Å². The van der Waals surface area contributed by atoms with Gasteiger partial charge in [0.1, 0.15) is 0 Å². The molecule has 1 aliphatic rings. The van der Waals surface area contributed by atoms with E-state index in [1.807, 2.05) is 0 Å². The van der Waals surface area contributed by atoms with E-state index in [4.69, 9.17) is 9.47 Å². The summed E-state index contributed by atoms with van der Waals surface area (Å²) in [7, 11) is -2.31. The third-order valence-electron chi connectivity index (χ3n) is 4.37. The molecule has 27 heavy (non-hydrogen) atoms. The lowest BCUT2D eigenvalue weighted by atomic mass is 10.2. The SMILES string of the molecule is COc1ccccc1Oc1ccc(S(=O)(=O)N2CCCCC2)cc1[N+](=O)[O-]. The summed E-state index contributed by atoms with van der Waals surface area (Å²) >= 11 is 0. The Balaban J connectivity index is 1.97. The van der Waals surface area contributed by atoms with Gasteiger partial charge in [-0.3, -0.25) is 10.1 Å². The number of sulfonamides is 1. The largest absolute Gasteiger partial charge is 0.493 e. The van der Waals surface area contributed by atoms with Crippen LogP contribution in [0.2, 0.25) is 0 Å². The molecule has 3 rings (SSSR count). The minimum atomic E-state index is -3.77. The fraction of sp³-hybridized carbons (Fsp3) is 0.333. The van der Waals surface area contributed by atoms with E-state index in [-0.39, 0.29) is 10.6 Å². The number of ether oxygens (including phenoxy) is 2. The minimum Gasteiger partial charge on any atom is -0.493 e. The van der Waals surface area contributed by atoms with Crippen molar-refractivity contribution in [3.8, 4) is 17.2 Å². The Morgan fingerprint density at radius 2 is 1.67 bits per heavy atom. The van der Waals surface area contributed by atoms with Gasteiger partial charge in [-0.15, -0.1) is 0 Å². The first-order chi connectivity index (χ1) is 12.9. The van der Waals surface area contributed by atoms with Crippen LogP contribution in [0.15, 0.2) is 47.4 Å². The second kappa shape index (κ2) is 7.93. The maximum Gasteiger partial charge on any atom is 0.312 e. The highest BCUT2D eigenvalue weighted by Gasteiger charge is 2.29. The Morgan fingerprint density at radius 3 is 2.30 bits per heavy atom. The summed E-state index contributed by atoms with van der Waals surface area (Å²) in [6.45, 7) is 0.852. The van der Waals surface area contributed by atoms with Gasteiger partial charge in [0.25, 0.3) is 0 Å². The summed E-state index contributed by atoms with van der Waals surface area (Å²) in [4.78, 5) is 10.7. The van der Waals surface area contributed by atoms with E-state index >= 15 is 0 Å². The maximum atomic E-state index is 12.8. The average molecular weight is 392 g/mol. The van der Waals surface area contributed by atoms with Gasteiger partial charge in [-0.25, -0.2) is 8.42 Å². The minimum absolute atomic E-state index is 0.0536. The number of nitro groups is 1. The molecule has 0 aromatic heterocycles. The molecule has 1 fully saturated rings. The van der Waals surface area contributed by atoms with Gasteiger partial charge < -0.3 is 9.47 Å². The lowest BCUT2D eigenvalue weighted by Gasteiger charge is -2.25. The zero-order valence-corrected chi connectivity index (χ0v) is 15.6. The number of methoxy groups -OCH3 is 1. The van der Waals surface area contributed by atoms with Crippen molar-refractivity contribution < 1.29 is 22.8 Å². The Bertz CT molecular complexity index is 939. The molecule has 0 radical (unpaired) electrons. The lowest BCUT2D eigenvalue weighted by Crippen LogP contribution is -2.35. The summed E-state index contributed by atoms with van der Waals surface area (Å²) in [6, 6.07) is 10.4. The zero-order valence-electron chi connectivity index (χ0n) is 14.8. The molecule has 9 heteroatoms. The van der Waals surface area contributed by atoms with Crippen LogP contribution >= 0.6 is 0 Å². The van der Waals surface area contributed by atoms with Crippen LogP contribution in [-0.2, 0) is 10.0 Å². The highest BCUT2D eigenvalue weighted by Crippen LogP contribution is 2.37. The van der Waals surface area contributed by atoms with Crippen LogP contribution in [0.5, 0.6) is 17.2 Å². The van der Waals surface area contributed by atoms with Gasteiger partial charge in [0.2, 0.25) is 15.8 Å².